The summed E-state index contributed by atoms with van der Waals surface area (Å²) in [7, 11) is -2.03. The standard InChI is InChI=1S/C21H31ClN4O3S2/c1-5-23-20(30)25(9-10-29-4)14-19-12-24-21(26(19)13-16(2)3)31(27,28)15-17-7-6-8-18(22)11-17/h6-8,11-12,16H,5,9-10,13-15H2,1-4H3,(H,23,30). The molecule has 0 atom stereocenters. The summed E-state index contributed by atoms with van der Waals surface area (Å²) in [4.78, 5) is 6.28. The van der Waals surface area contributed by atoms with E-state index < -0.39 is 9.84 Å². The van der Waals surface area contributed by atoms with Crippen molar-refractivity contribution in [3.8, 4) is 0 Å². The Morgan fingerprint density at radius 3 is 2.74 bits per heavy atom. The predicted octanol–water partition coefficient (Wildman–Crippen LogP) is 3.51. The second kappa shape index (κ2) is 11.8. The Morgan fingerprint density at radius 1 is 1.39 bits per heavy atom. The molecule has 10 heteroatoms. The molecule has 0 aliphatic carbocycles. The van der Waals surface area contributed by atoms with E-state index in [1.54, 1.807) is 42.1 Å². The maximum atomic E-state index is 13.2. The number of benzene rings is 1. The topological polar surface area (TPSA) is 76.5 Å². The minimum absolute atomic E-state index is 0.0669. The molecule has 0 radical (unpaired) electrons. The average Bonchev–Trinajstić information content (AvgIpc) is 3.07. The molecule has 0 unspecified atom stereocenters. The van der Waals surface area contributed by atoms with Gasteiger partial charge in [-0.3, -0.25) is 0 Å². The van der Waals surface area contributed by atoms with Crippen LogP contribution in [0.5, 0.6) is 0 Å². The third-order valence-corrected chi connectivity index (χ3v) is 6.74. The molecule has 0 saturated heterocycles. The second-order valence-corrected chi connectivity index (χ2v) is 10.4. The number of sulfone groups is 1. The number of aromatic nitrogens is 2. The number of methoxy groups -OCH3 is 1. The van der Waals surface area contributed by atoms with Crippen LogP contribution in [0, 0.1) is 5.92 Å². The first kappa shape index (κ1) is 25.6. The molecule has 0 fully saturated rings. The zero-order valence-electron chi connectivity index (χ0n) is 18.5. The zero-order valence-corrected chi connectivity index (χ0v) is 20.9. The lowest BCUT2D eigenvalue weighted by molar-refractivity contribution is 0.173. The van der Waals surface area contributed by atoms with Gasteiger partial charge >= 0.3 is 0 Å². The molecule has 2 rings (SSSR count). The number of rotatable bonds is 11. The number of nitrogens with one attached hydrogen (secondary N) is 1. The molecule has 0 bridgehead atoms. The zero-order chi connectivity index (χ0) is 23.0. The molecule has 0 saturated carbocycles. The fraction of sp³-hybridized carbons (Fsp3) is 0.524. The number of nitrogens with zero attached hydrogens (tertiary/aromatic N) is 3. The number of halogens is 1. The molecule has 0 aliphatic heterocycles. The number of imidazole rings is 1. The van der Waals surface area contributed by atoms with Crippen LogP contribution in [0.3, 0.4) is 0 Å². The first-order valence-corrected chi connectivity index (χ1v) is 12.6. The fourth-order valence-corrected chi connectivity index (χ4v) is 5.15. The van der Waals surface area contributed by atoms with Crippen molar-refractivity contribution in [2.24, 2.45) is 5.92 Å². The van der Waals surface area contributed by atoms with Gasteiger partial charge in [-0.2, -0.15) is 0 Å². The maximum Gasteiger partial charge on any atom is 0.228 e. The minimum atomic E-state index is -3.67. The van der Waals surface area contributed by atoms with E-state index in [0.29, 0.717) is 48.5 Å². The summed E-state index contributed by atoms with van der Waals surface area (Å²) in [6.07, 6.45) is 1.63. The first-order valence-electron chi connectivity index (χ1n) is 10.2. The van der Waals surface area contributed by atoms with E-state index in [0.717, 1.165) is 5.69 Å². The molecule has 7 nitrogen and oxygen atoms in total. The van der Waals surface area contributed by atoms with Gasteiger partial charge in [0.2, 0.25) is 15.0 Å². The molecule has 1 aromatic carbocycles. The molecular formula is C21H31ClN4O3S2. The molecule has 31 heavy (non-hydrogen) atoms. The lowest BCUT2D eigenvalue weighted by Gasteiger charge is -2.26. The van der Waals surface area contributed by atoms with E-state index in [2.05, 4.69) is 10.3 Å². The van der Waals surface area contributed by atoms with Gasteiger partial charge in [-0.15, -0.1) is 0 Å². The van der Waals surface area contributed by atoms with E-state index in [1.165, 1.54) is 0 Å². The van der Waals surface area contributed by atoms with Crippen LogP contribution < -0.4 is 5.32 Å². The third kappa shape index (κ3) is 7.45. The summed E-state index contributed by atoms with van der Waals surface area (Å²) in [6.45, 7) is 8.82. The van der Waals surface area contributed by atoms with Crippen molar-refractivity contribution < 1.29 is 13.2 Å². The average molecular weight is 487 g/mol. The van der Waals surface area contributed by atoms with E-state index in [-0.39, 0.29) is 16.8 Å². The normalized spacial score (nSPS) is 11.7. The summed E-state index contributed by atoms with van der Waals surface area (Å²) >= 11 is 11.5. The largest absolute Gasteiger partial charge is 0.383 e. The Balaban J connectivity index is 2.38. The Kier molecular flexibility index (Phi) is 9.74. The quantitative estimate of drug-likeness (QED) is 0.487. The van der Waals surface area contributed by atoms with Crippen LogP contribution in [-0.4, -0.2) is 54.8 Å². The van der Waals surface area contributed by atoms with Crippen molar-refractivity contribution in [3.63, 3.8) is 0 Å². The van der Waals surface area contributed by atoms with Crippen LogP contribution in [0.2, 0.25) is 5.02 Å². The maximum absolute atomic E-state index is 13.2. The van der Waals surface area contributed by atoms with Gasteiger partial charge in [-0.1, -0.05) is 37.6 Å². The van der Waals surface area contributed by atoms with E-state index in [4.69, 9.17) is 28.6 Å². The van der Waals surface area contributed by atoms with E-state index in [1.807, 2.05) is 25.7 Å². The van der Waals surface area contributed by atoms with Crippen molar-refractivity contribution in [1.29, 1.82) is 0 Å². The SMILES string of the molecule is CCNC(=S)N(CCOC)Cc1cnc(S(=O)(=O)Cc2cccc(Cl)c2)n1CC(C)C. The molecule has 1 N–H and O–H groups in total. The molecular weight excluding hydrogens is 456 g/mol. The molecule has 0 spiro atoms. The first-order chi connectivity index (χ1) is 14.7. The highest BCUT2D eigenvalue weighted by molar-refractivity contribution is 7.90. The summed E-state index contributed by atoms with van der Waals surface area (Å²) in [5.41, 5.74) is 1.41. The summed E-state index contributed by atoms with van der Waals surface area (Å²) in [6, 6.07) is 6.88. The number of hydrogen-bond donors (Lipinski definition) is 1. The third-order valence-electron chi connectivity index (χ3n) is 4.51. The van der Waals surface area contributed by atoms with Gasteiger partial charge in [0.15, 0.2) is 5.11 Å². The van der Waals surface area contributed by atoms with E-state index >= 15 is 0 Å². The van der Waals surface area contributed by atoms with E-state index in [9.17, 15) is 8.42 Å². The van der Waals surface area contributed by atoms with Crippen molar-refractivity contribution >= 4 is 38.8 Å². The van der Waals surface area contributed by atoms with Crippen LogP contribution in [0.1, 0.15) is 32.0 Å². The number of thiocarbonyl (C=S) groups is 1. The molecule has 1 heterocycles. The highest BCUT2D eigenvalue weighted by Gasteiger charge is 2.25. The van der Waals surface area contributed by atoms with Gasteiger partial charge < -0.3 is 19.5 Å². The number of hydrogen-bond acceptors (Lipinski definition) is 5. The Morgan fingerprint density at radius 2 is 2.13 bits per heavy atom. The lowest BCUT2D eigenvalue weighted by atomic mass is 10.2. The highest BCUT2D eigenvalue weighted by Crippen LogP contribution is 2.21. The van der Waals surface area contributed by atoms with Crippen molar-refractivity contribution in [2.75, 3.05) is 26.8 Å². The summed E-state index contributed by atoms with van der Waals surface area (Å²) in [5, 5.41) is 4.32. The number of ether oxygens (including phenoxy) is 1. The smallest absolute Gasteiger partial charge is 0.228 e. The predicted molar refractivity (Wildman–Crippen MR) is 128 cm³/mol. The Labute approximate surface area is 195 Å². The lowest BCUT2D eigenvalue weighted by Crippen LogP contribution is -2.41. The minimum Gasteiger partial charge on any atom is -0.383 e. The molecule has 0 aliphatic rings. The van der Waals surface area contributed by atoms with Crippen LogP contribution in [0.4, 0.5) is 0 Å². The molecule has 172 valence electrons. The Hall–Kier alpha value is -1.68. The van der Waals surface area contributed by atoms with Gasteiger partial charge in [0, 0.05) is 31.8 Å². The molecule has 2 aromatic rings. The van der Waals surface area contributed by atoms with Crippen molar-refractivity contribution in [2.45, 2.75) is 44.8 Å². The van der Waals surface area contributed by atoms with Crippen LogP contribution in [0.15, 0.2) is 35.6 Å². The fourth-order valence-electron chi connectivity index (χ4n) is 3.15. The van der Waals surface area contributed by atoms with Crippen LogP contribution in [-0.2, 0) is 33.4 Å². The monoisotopic (exact) mass is 486 g/mol. The van der Waals surface area contributed by atoms with Gasteiger partial charge in [-0.05, 0) is 42.8 Å². The molecule has 1 aromatic heterocycles. The van der Waals surface area contributed by atoms with Crippen molar-refractivity contribution in [1.82, 2.24) is 19.8 Å². The molecule has 0 amide bonds. The van der Waals surface area contributed by atoms with Crippen LogP contribution in [0.25, 0.3) is 0 Å². The second-order valence-electron chi connectivity index (χ2n) is 7.68. The Bertz CT molecular complexity index is 977. The van der Waals surface area contributed by atoms with Gasteiger partial charge in [0.1, 0.15) is 0 Å². The highest BCUT2D eigenvalue weighted by atomic mass is 35.5. The van der Waals surface area contributed by atoms with Gasteiger partial charge in [-0.25, -0.2) is 13.4 Å². The van der Waals surface area contributed by atoms with Gasteiger partial charge in [0.25, 0.3) is 0 Å². The van der Waals surface area contributed by atoms with Gasteiger partial charge in [0.05, 0.1) is 30.8 Å². The summed E-state index contributed by atoms with van der Waals surface area (Å²) < 4.78 is 33.5. The van der Waals surface area contributed by atoms with Crippen LogP contribution >= 0.6 is 23.8 Å². The summed E-state index contributed by atoms with van der Waals surface area (Å²) in [5.74, 6) is 0.0758. The van der Waals surface area contributed by atoms with Crippen molar-refractivity contribution in [3.05, 3.63) is 46.7 Å².